The predicted molar refractivity (Wildman–Crippen MR) is 76.8 cm³/mol. The lowest BCUT2D eigenvalue weighted by molar-refractivity contribution is 0.362. The van der Waals surface area contributed by atoms with Gasteiger partial charge in [0.1, 0.15) is 0 Å². The number of nitrogens with one attached hydrogen (secondary N) is 1. The number of aromatic nitrogens is 1. The van der Waals surface area contributed by atoms with Crippen molar-refractivity contribution in [3.63, 3.8) is 0 Å². The number of rotatable bonds is 4. The Bertz CT molecular complexity index is 378. The Kier molecular flexibility index (Phi) is 4.59. The number of anilines is 1. The van der Waals surface area contributed by atoms with Gasteiger partial charge in [-0.05, 0) is 43.9 Å². The van der Waals surface area contributed by atoms with Crippen molar-refractivity contribution in [3.05, 3.63) is 24.0 Å². The van der Waals surface area contributed by atoms with E-state index < -0.39 is 0 Å². The third kappa shape index (κ3) is 2.83. The third-order valence-corrected chi connectivity index (χ3v) is 4.14. The lowest BCUT2D eigenvalue weighted by Gasteiger charge is -2.40. The number of pyridine rings is 1. The Hall–Kier alpha value is -1.09. The number of hydrogen-bond acceptors (Lipinski definition) is 3. The van der Waals surface area contributed by atoms with Crippen LogP contribution in [0, 0.1) is 5.92 Å². The van der Waals surface area contributed by atoms with Gasteiger partial charge >= 0.3 is 0 Å². The Morgan fingerprint density at radius 3 is 3.06 bits per heavy atom. The zero-order valence-electron chi connectivity index (χ0n) is 11.8. The van der Waals surface area contributed by atoms with Gasteiger partial charge in [0.2, 0.25) is 0 Å². The molecule has 1 fully saturated rings. The smallest absolute Gasteiger partial charge is 0.0600 e. The van der Waals surface area contributed by atoms with Gasteiger partial charge in [-0.1, -0.05) is 13.8 Å². The average Bonchev–Trinajstić information content (AvgIpc) is 2.40. The number of hydrogen-bond donors (Lipinski definition) is 1. The minimum Gasteiger partial charge on any atom is -0.367 e. The molecule has 2 unspecified atom stereocenters. The second-order valence-electron chi connectivity index (χ2n) is 5.34. The maximum absolute atomic E-state index is 4.32. The molecule has 0 aromatic carbocycles. The zero-order valence-corrected chi connectivity index (χ0v) is 11.8. The van der Waals surface area contributed by atoms with E-state index in [2.05, 4.69) is 42.0 Å². The van der Waals surface area contributed by atoms with Gasteiger partial charge in [0.05, 0.1) is 11.9 Å². The van der Waals surface area contributed by atoms with Crippen LogP contribution in [0.2, 0.25) is 0 Å². The summed E-state index contributed by atoms with van der Waals surface area (Å²) in [5, 5.41) is 3.42. The fourth-order valence-corrected chi connectivity index (χ4v) is 2.76. The van der Waals surface area contributed by atoms with E-state index in [1.165, 1.54) is 24.1 Å². The van der Waals surface area contributed by atoms with Crippen LogP contribution in [0.25, 0.3) is 0 Å². The van der Waals surface area contributed by atoms with Crippen molar-refractivity contribution in [2.45, 2.75) is 46.2 Å². The predicted octanol–water partition coefficient (Wildman–Crippen LogP) is 2.82. The summed E-state index contributed by atoms with van der Waals surface area (Å²) in [5.41, 5.74) is 2.69. The third-order valence-electron chi connectivity index (χ3n) is 4.14. The highest BCUT2D eigenvalue weighted by Crippen LogP contribution is 2.30. The first-order valence-corrected chi connectivity index (χ1v) is 7.14. The highest BCUT2D eigenvalue weighted by molar-refractivity contribution is 5.53. The standard InChI is InChI=1S/C15H25N3/c1-4-16-10-14-7-8-17-11-15(14)18-9-5-6-12(2)13(18)3/h7-8,11-13,16H,4-6,9-10H2,1-3H3. The normalized spacial score (nSPS) is 24.3. The fraction of sp³-hybridized carbons (Fsp3) is 0.667. The summed E-state index contributed by atoms with van der Waals surface area (Å²) in [6, 6.07) is 2.76. The minimum absolute atomic E-state index is 0.614. The van der Waals surface area contributed by atoms with Crippen LogP contribution in [-0.2, 0) is 6.54 Å². The van der Waals surface area contributed by atoms with Crippen LogP contribution in [0.15, 0.2) is 18.5 Å². The van der Waals surface area contributed by atoms with Crippen LogP contribution in [0.4, 0.5) is 5.69 Å². The van der Waals surface area contributed by atoms with E-state index in [1.54, 1.807) is 0 Å². The molecule has 1 aliphatic rings. The van der Waals surface area contributed by atoms with Crippen LogP contribution in [0.5, 0.6) is 0 Å². The van der Waals surface area contributed by atoms with Gasteiger partial charge in [-0.2, -0.15) is 0 Å². The maximum Gasteiger partial charge on any atom is 0.0600 e. The molecule has 1 aliphatic heterocycles. The Balaban J connectivity index is 2.20. The molecule has 2 rings (SSSR count). The van der Waals surface area contributed by atoms with E-state index in [1.807, 2.05) is 12.4 Å². The van der Waals surface area contributed by atoms with Gasteiger partial charge in [0.15, 0.2) is 0 Å². The van der Waals surface area contributed by atoms with Crippen molar-refractivity contribution in [2.75, 3.05) is 18.0 Å². The lowest BCUT2D eigenvalue weighted by atomic mass is 9.91. The fourth-order valence-electron chi connectivity index (χ4n) is 2.76. The van der Waals surface area contributed by atoms with Gasteiger partial charge < -0.3 is 10.2 Å². The Morgan fingerprint density at radius 2 is 2.28 bits per heavy atom. The van der Waals surface area contributed by atoms with Crippen LogP contribution in [0.3, 0.4) is 0 Å². The molecular formula is C15H25N3. The summed E-state index contributed by atoms with van der Waals surface area (Å²) in [6.45, 7) is 9.95. The molecule has 0 amide bonds. The average molecular weight is 247 g/mol. The maximum atomic E-state index is 4.32. The highest BCUT2D eigenvalue weighted by atomic mass is 15.2. The molecule has 0 spiro atoms. The summed E-state index contributed by atoms with van der Waals surface area (Å²) in [7, 11) is 0. The van der Waals surface area contributed by atoms with Crippen molar-refractivity contribution in [3.8, 4) is 0 Å². The summed E-state index contributed by atoms with van der Waals surface area (Å²) >= 11 is 0. The molecule has 1 aromatic heterocycles. The van der Waals surface area contributed by atoms with Gasteiger partial charge in [0.25, 0.3) is 0 Å². The minimum atomic E-state index is 0.614. The molecule has 18 heavy (non-hydrogen) atoms. The first-order valence-electron chi connectivity index (χ1n) is 7.14. The number of piperidine rings is 1. The Morgan fingerprint density at radius 1 is 1.44 bits per heavy atom. The Labute approximate surface area is 111 Å². The van der Waals surface area contributed by atoms with Crippen LogP contribution < -0.4 is 10.2 Å². The molecule has 0 saturated carbocycles. The summed E-state index contributed by atoms with van der Waals surface area (Å²) in [4.78, 5) is 6.85. The second-order valence-corrected chi connectivity index (χ2v) is 5.34. The molecule has 2 heterocycles. The van der Waals surface area contributed by atoms with Crippen LogP contribution in [0.1, 0.15) is 39.2 Å². The molecule has 3 nitrogen and oxygen atoms in total. The molecule has 1 aromatic rings. The van der Waals surface area contributed by atoms with E-state index in [4.69, 9.17) is 0 Å². The molecule has 0 bridgehead atoms. The first kappa shape index (κ1) is 13.3. The summed E-state index contributed by atoms with van der Waals surface area (Å²) in [6.07, 6.45) is 6.57. The van der Waals surface area contributed by atoms with Crippen molar-refractivity contribution in [1.82, 2.24) is 10.3 Å². The topological polar surface area (TPSA) is 28.2 Å². The molecule has 3 heteroatoms. The van der Waals surface area contributed by atoms with E-state index in [-0.39, 0.29) is 0 Å². The molecule has 0 aliphatic carbocycles. The van der Waals surface area contributed by atoms with Crippen LogP contribution >= 0.6 is 0 Å². The van der Waals surface area contributed by atoms with Gasteiger partial charge in [0, 0.05) is 25.3 Å². The summed E-state index contributed by atoms with van der Waals surface area (Å²) in [5.74, 6) is 0.769. The molecule has 100 valence electrons. The lowest BCUT2D eigenvalue weighted by Crippen LogP contribution is -2.43. The van der Waals surface area contributed by atoms with Gasteiger partial charge in [-0.25, -0.2) is 0 Å². The largest absolute Gasteiger partial charge is 0.367 e. The van der Waals surface area contributed by atoms with Crippen molar-refractivity contribution in [2.24, 2.45) is 5.92 Å². The van der Waals surface area contributed by atoms with Gasteiger partial charge in [-0.3, -0.25) is 4.98 Å². The molecule has 2 atom stereocenters. The van der Waals surface area contributed by atoms with Crippen molar-refractivity contribution in [1.29, 1.82) is 0 Å². The van der Waals surface area contributed by atoms with Gasteiger partial charge in [-0.15, -0.1) is 0 Å². The SMILES string of the molecule is CCNCc1ccncc1N1CCCC(C)C1C. The van der Waals surface area contributed by atoms with E-state index >= 15 is 0 Å². The van der Waals surface area contributed by atoms with Crippen molar-refractivity contribution >= 4 is 5.69 Å². The summed E-state index contributed by atoms with van der Waals surface area (Å²) < 4.78 is 0. The molecule has 0 radical (unpaired) electrons. The van der Waals surface area contributed by atoms with E-state index in [0.29, 0.717) is 6.04 Å². The second kappa shape index (κ2) is 6.19. The quantitative estimate of drug-likeness (QED) is 0.887. The highest BCUT2D eigenvalue weighted by Gasteiger charge is 2.26. The van der Waals surface area contributed by atoms with Crippen LogP contribution in [-0.4, -0.2) is 24.1 Å². The first-order chi connectivity index (χ1) is 8.74. The monoisotopic (exact) mass is 247 g/mol. The van der Waals surface area contributed by atoms with Crippen molar-refractivity contribution < 1.29 is 0 Å². The number of nitrogens with zero attached hydrogens (tertiary/aromatic N) is 2. The molecular weight excluding hydrogens is 222 g/mol. The van der Waals surface area contributed by atoms with E-state index in [9.17, 15) is 0 Å². The molecule has 1 N–H and O–H groups in total. The molecule has 1 saturated heterocycles. The van der Waals surface area contributed by atoms with E-state index in [0.717, 1.165) is 25.6 Å². The zero-order chi connectivity index (χ0) is 13.0.